The molecule has 8 nitrogen and oxygen atoms in total. The molecule has 1 aromatic carbocycles. The monoisotopic (exact) mass is 434 g/mol. The molecule has 1 saturated carbocycles. The number of benzene rings is 1. The molecule has 0 radical (unpaired) electrons. The molecule has 5 unspecified atom stereocenters. The van der Waals surface area contributed by atoms with E-state index in [1.54, 1.807) is 18.2 Å². The standard InChI is InChI=1S/C24H26N4O4/c1-4-5-15-8-9-24-19(10-15)23(14-27,21(28)32-24)22(12-25,13-26)20(31-24)16-6-7-17(29-2)18(11-16)30-3/h6-7,11,15,19-20,28H,4-5,8-10H2,1-3H3. The Balaban J connectivity index is 1.92. The highest BCUT2D eigenvalue weighted by molar-refractivity contribution is 5.89. The van der Waals surface area contributed by atoms with Crippen molar-refractivity contribution in [2.75, 3.05) is 14.2 Å². The van der Waals surface area contributed by atoms with E-state index in [4.69, 9.17) is 24.4 Å². The third-order valence-corrected chi connectivity index (χ3v) is 7.43. The second kappa shape index (κ2) is 7.69. The Hall–Kier alpha value is -3.28. The molecule has 0 spiro atoms. The van der Waals surface area contributed by atoms with Crippen LogP contribution in [-0.2, 0) is 9.47 Å². The fraction of sp³-hybridized carbons (Fsp3) is 0.583. The first-order chi connectivity index (χ1) is 15.4. The Kier molecular flexibility index (Phi) is 5.27. The van der Waals surface area contributed by atoms with Crippen LogP contribution in [0.5, 0.6) is 11.5 Å². The van der Waals surface area contributed by atoms with E-state index in [0.29, 0.717) is 35.8 Å². The first-order valence-corrected chi connectivity index (χ1v) is 10.8. The Morgan fingerprint density at radius 3 is 2.44 bits per heavy atom. The summed E-state index contributed by atoms with van der Waals surface area (Å²) in [6.45, 7) is 2.11. The number of ether oxygens (including phenoxy) is 4. The Bertz CT molecular complexity index is 1050. The van der Waals surface area contributed by atoms with E-state index in [1.165, 1.54) is 14.2 Å². The second-order valence-corrected chi connectivity index (χ2v) is 8.79. The number of rotatable bonds is 5. The first-order valence-electron chi connectivity index (χ1n) is 10.8. The summed E-state index contributed by atoms with van der Waals surface area (Å²) in [6.07, 6.45) is 2.80. The molecule has 2 heterocycles. The topological polar surface area (TPSA) is 132 Å². The normalized spacial score (nSPS) is 34.2. The smallest absolute Gasteiger partial charge is 0.217 e. The molecule has 1 aliphatic carbocycles. The molecule has 4 rings (SSSR count). The van der Waals surface area contributed by atoms with Gasteiger partial charge in [-0.25, -0.2) is 0 Å². The van der Waals surface area contributed by atoms with Crippen molar-refractivity contribution in [1.82, 2.24) is 0 Å². The van der Waals surface area contributed by atoms with Crippen molar-refractivity contribution in [3.05, 3.63) is 23.8 Å². The molecule has 3 fully saturated rings. The molecule has 5 atom stereocenters. The molecule has 2 aliphatic heterocycles. The molecule has 166 valence electrons. The maximum absolute atomic E-state index is 10.5. The highest BCUT2D eigenvalue weighted by Gasteiger charge is 2.80. The van der Waals surface area contributed by atoms with Crippen molar-refractivity contribution in [2.45, 2.75) is 50.9 Å². The lowest BCUT2D eigenvalue weighted by Crippen LogP contribution is -2.61. The Labute approximate surface area is 187 Å². The minimum atomic E-state index is -1.96. The number of nitrogens with zero attached hydrogens (tertiary/aromatic N) is 3. The number of hydrogen-bond acceptors (Lipinski definition) is 8. The zero-order chi connectivity index (χ0) is 23.1. The van der Waals surface area contributed by atoms with E-state index in [0.717, 1.165) is 19.3 Å². The van der Waals surface area contributed by atoms with Crippen LogP contribution in [0.3, 0.4) is 0 Å². The highest BCUT2D eigenvalue weighted by atomic mass is 16.7. The SMILES string of the molecule is CCCC1CCC23OC(=N)C(C#N)(C2C1)C(C#N)(C#N)C(c1ccc(OC)c(OC)c1)O3. The number of nitrogens with one attached hydrogen (secondary N) is 1. The van der Waals surface area contributed by atoms with E-state index < -0.39 is 28.6 Å². The highest BCUT2D eigenvalue weighted by Crippen LogP contribution is 2.70. The Morgan fingerprint density at radius 2 is 1.84 bits per heavy atom. The van der Waals surface area contributed by atoms with Crippen LogP contribution in [0, 0.1) is 62.1 Å². The molecule has 2 bridgehead atoms. The van der Waals surface area contributed by atoms with E-state index in [1.807, 2.05) is 0 Å². The van der Waals surface area contributed by atoms with Crippen LogP contribution in [-0.4, -0.2) is 25.9 Å². The fourth-order valence-electron chi connectivity index (χ4n) is 5.90. The van der Waals surface area contributed by atoms with Crippen LogP contribution >= 0.6 is 0 Å². The lowest BCUT2D eigenvalue weighted by atomic mass is 9.50. The Morgan fingerprint density at radius 1 is 1.12 bits per heavy atom. The molecule has 1 aromatic rings. The molecular formula is C24H26N4O4. The molecule has 32 heavy (non-hydrogen) atoms. The van der Waals surface area contributed by atoms with Gasteiger partial charge in [0, 0.05) is 6.42 Å². The third-order valence-electron chi connectivity index (χ3n) is 7.43. The van der Waals surface area contributed by atoms with Crippen molar-refractivity contribution >= 4 is 5.90 Å². The zero-order valence-electron chi connectivity index (χ0n) is 18.5. The van der Waals surface area contributed by atoms with E-state index >= 15 is 0 Å². The van der Waals surface area contributed by atoms with Gasteiger partial charge < -0.3 is 18.9 Å². The van der Waals surface area contributed by atoms with Gasteiger partial charge in [-0.1, -0.05) is 25.8 Å². The summed E-state index contributed by atoms with van der Waals surface area (Å²) >= 11 is 0. The summed E-state index contributed by atoms with van der Waals surface area (Å²) in [4.78, 5) is 0. The summed E-state index contributed by atoms with van der Waals surface area (Å²) in [7, 11) is 3.01. The van der Waals surface area contributed by atoms with E-state index in [2.05, 4.69) is 25.1 Å². The van der Waals surface area contributed by atoms with Gasteiger partial charge in [-0.15, -0.1) is 0 Å². The molecule has 8 heteroatoms. The quantitative estimate of drug-likeness (QED) is 0.733. The van der Waals surface area contributed by atoms with Crippen molar-refractivity contribution in [3.63, 3.8) is 0 Å². The first kappa shape index (κ1) is 21.9. The largest absolute Gasteiger partial charge is 0.493 e. The fourth-order valence-corrected chi connectivity index (χ4v) is 5.90. The van der Waals surface area contributed by atoms with Gasteiger partial charge in [0.1, 0.15) is 6.10 Å². The van der Waals surface area contributed by atoms with Crippen molar-refractivity contribution in [3.8, 4) is 29.7 Å². The summed E-state index contributed by atoms with van der Waals surface area (Å²) < 4.78 is 23.2. The summed E-state index contributed by atoms with van der Waals surface area (Å²) in [6, 6.07) is 11.5. The number of hydrogen-bond donors (Lipinski definition) is 1. The van der Waals surface area contributed by atoms with Gasteiger partial charge in [-0.3, -0.25) is 5.41 Å². The van der Waals surface area contributed by atoms with Crippen LogP contribution in [0.2, 0.25) is 0 Å². The summed E-state index contributed by atoms with van der Waals surface area (Å²) in [5, 5.41) is 39.9. The van der Waals surface area contributed by atoms with Gasteiger partial charge in [-0.2, -0.15) is 15.8 Å². The van der Waals surface area contributed by atoms with Crippen LogP contribution in [0.25, 0.3) is 0 Å². The van der Waals surface area contributed by atoms with Gasteiger partial charge in [0.05, 0.1) is 38.3 Å². The summed E-state index contributed by atoms with van der Waals surface area (Å²) in [5.74, 6) is -0.867. The average molecular weight is 434 g/mol. The zero-order valence-corrected chi connectivity index (χ0v) is 18.5. The molecule has 2 saturated heterocycles. The average Bonchev–Trinajstić information content (AvgIpc) is 3.02. The van der Waals surface area contributed by atoms with Gasteiger partial charge in [0.25, 0.3) is 0 Å². The van der Waals surface area contributed by atoms with Crippen LogP contribution in [0.1, 0.15) is 50.7 Å². The summed E-state index contributed by atoms with van der Waals surface area (Å²) in [5.41, 5.74) is -3.19. The molecule has 3 aliphatic rings. The number of methoxy groups -OCH3 is 2. The van der Waals surface area contributed by atoms with Crippen LogP contribution in [0.15, 0.2) is 18.2 Å². The molecule has 1 N–H and O–H groups in total. The van der Waals surface area contributed by atoms with Gasteiger partial charge in [0.15, 0.2) is 16.9 Å². The van der Waals surface area contributed by atoms with Crippen LogP contribution < -0.4 is 9.47 Å². The lowest BCUT2D eigenvalue weighted by Gasteiger charge is -2.52. The van der Waals surface area contributed by atoms with Gasteiger partial charge in [-0.05, 0) is 36.5 Å². The molecule has 0 amide bonds. The minimum absolute atomic E-state index is 0.330. The maximum atomic E-state index is 10.5. The molecule has 0 aromatic heterocycles. The van der Waals surface area contributed by atoms with Crippen molar-refractivity contribution in [1.29, 1.82) is 21.2 Å². The third kappa shape index (κ3) is 2.58. The number of nitriles is 3. The van der Waals surface area contributed by atoms with Gasteiger partial charge in [0.2, 0.25) is 17.1 Å². The van der Waals surface area contributed by atoms with Gasteiger partial charge >= 0.3 is 0 Å². The van der Waals surface area contributed by atoms with Crippen LogP contribution in [0.4, 0.5) is 0 Å². The predicted octanol–water partition coefficient (Wildman–Crippen LogP) is 4.24. The predicted molar refractivity (Wildman–Crippen MR) is 112 cm³/mol. The van der Waals surface area contributed by atoms with E-state index in [-0.39, 0.29) is 5.90 Å². The minimum Gasteiger partial charge on any atom is -0.493 e. The second-order valence-electron chi connectivity index (χ2n) is 8.79. The van der Waals surface area contributed by atoms with Crippen molar-refractivity contribution < 1.29 is 18.9 Å². The maximum Gasteiger partial charge on any atom is 0.217 e. The molecular weight excluding hydrogens is 408 g/mol. The lowest BCUT2D eigenvalue weighted by molar-refractivity contribution is -0.299. The van der Waals surface area contributed by atoms with E-state index in [9.17, 15) is 15.8 Å². The van der Waals surface area contributed by atoms with Crippen molar-refractivity contribution in [2.24, 2.45) is 22.7 Å².